The van der Waals surface area contributed by atoms with Crippen LogP contribution in [0.15, 0.2) is 0 Å². The number of halogens is 5. The summed E-state index contributed by atoms with van der Waals surface area (Å²) in [5, 5.41) is 0. The molecule has 0 aliphatic rings. The van der Waals surface area contributed by atoms with Crippen LogP contribution in [0.5, 0.6) is 5.75 Å². The van der Waals surface area contributed by atoms with Crippen LogP contribution in [0.2, 0.25) is 0 Å². The van der Waals surface area contributed by atoms with Crippen molar-refractivity contribution in [2.75, 3.05) is 52.9 Å². The Hall–Kier alpha value is -1.82. The Morgan fingerprint density at radius 1 is 0.463 bits per heavy atom. The van der Waals surface area contributed by atoms with Crippen molar-refractivity contribution < 1.29 is 50.4 Å². The molecule has 0 radical (unpaired) electrons. The maximum absolute atomic E-state index is 13.5. The van der Waals surface area contributed by atoms with Crippen molar-refractivity contribution in [3.63, 3.8) is 0 Å². The van der Waals surface area contributed by atoms with E-state index in [1.165, 1.54) is 77.0 Å². The first-order valence-corrected chi connectivity index (χ1v) is 14.9. The van der Waals surface area contributed by atoms with E-state index in [1.807, 2.05) is 0 Å². The first-order valence-electron chi connectivity index (χ1n) is 14.9. The molecule has 0 amide bonds. The lowest BCUT2D eigenvalue weighted by Crippen LogP contribution is -2.16. The Balaban J connectivity index is 1.83. The molecule has 0 spiro atoms. The number of hydrogen-bond acceptors (Lipinski definition) is 6. The van der Waals surface area contributed by atoms with Crippen LogP contribution in [0.3, 0.4) is 0 Å². The molecule has 0 aromatic heterocycles. The predicted molar refractivity (Wildman–Crippen MR) is 145 cm³/mol. The SMILES string of the molecule is CCCCCCCCCCCCCCCOCCOCCOCCOCCC(=O)Oc1c(F)c(F)c(F)c(F)c1F. The minimum Gasteiger partial charge on any atom is -0.420 e. The third-order valence-electron chi connectivity index (χ3n) is 6.34. The smallest absolute Gasteiger partial charge is 0.313 e. The fourth-order valence-corrected chi connectivity index (χ4v) is 3.98. The maximum Gasteiger partial charge on any atom is 0.313 e. The summed E-state index contributed by atoms with van der Waals surface area (Å²) in [5.74, 6) is -14.0. The van der Waals surface area contributed by atoms with Gasteiger partial charge in [-0.25, -0.2) is 13.2 Å². The van der Waals surface area contributed by atoms with Gasteiger partial charge in [-0.1, -0.05) is 84.0 Å². The quantitative estimate of drug-likeness (QED) is 0.0257. The van der Waals surface area contributed by atoms with Crippen LogP contribution in [0.4, 0.5) is 22.0 Å². The molecule has 0 heterocycles. The molecule has 0 aliphatic carbocycles. The maximum atomic E-state index is 13.5. The first-order chi connectivity index (χ1) is 19.9. The summed E-state index contributed by atoms with van der Waals surface area (Å²) in [6, 6.07) is 0. The average molecular weight is 599 g/mol. The molecule has 0 saturated heterocycles. The predicted octanol–water partition coefficient (Wildman–Crippen LogP) is 7.84. The van der Waals surface area contributed by atoms with Gasteiger partial charge >= 0.3 is 5.97 Å². The zero-order chi connectivity index (χ0) is 30.1. The first kappa shape index (κ1) is 37.2. The highest BCUT2D eigenvalue weighted by molar-refractivity contribution is 5.72. The van der Waals surface area contributed by atoms with E-state index in [0.717, 1.165) is 13.0 Å². The molecule has 0 saturated carbocycles. The number of carbonyl (C=O) groups excluding carboxylic acids is 1. The Kier molecular flexibility index (Phi) is 22.5. The molecular weight excluding hydrogens is 551 g/mol. The zero-order valence-corrected chi connectivity index (χ0v) is 24.4. The van der Waals surface area contributed by atoms with Gasteiger partial charge in [-0.3, -0.25) is 4.79 Å². The monoisotopic (exact) mass is 598 g/mol. The van der Waals surface area contributed by atoms with Gasteiger partial charge in [-0.2, -0.15) is 8.78 Å². The number of hydrogen-bond donors (Lipinski definition) is 0. The molecule has 0 aliphatic heterocycles. The summed E-state index contributed by atoms with van der Waals surface area (Å²) in [6.45, 7) is 4.87. The van der Waals surface area contributed by atoms with Crippen molar-refractivity contribution in [2.45, 2.75) is 96.8 Å². The molecule has 0 atom stereocenters. The van der Waals surface area contributed by atoms with Gasteiger partial charge in [0.1, 0.15) is 0 Å². The molecule has 11 heteroatoms. The molecule has 0 unspecified atom stereocenters. The van der Waals surface area contributed by atoms with Gasteiger partial charge in [-0.05, 0) is 6.42 Å². The Morgan fingerprint density at radius 2 is 0.805 bits per heavy atom. The fraction of sp³-hybridized carbons (Fsp3) is 0.767. The van der Waals surface area contributed by atoms with Gasteiger partial charge in [0.05, 0.1) is 52.7 Å². The number of esters is 1. The largest absolute Gasteiger partial charge is 0.420 e. The van der Waals surface area contributed by atoms with Crippen molar-refractivity contribution in [2.24, 2.45) is 0 Å². The standard InChI is InChI=1S/C30H47F5O6/c1-2-3-4-5-6-7-8-9-10-11-12-13-14-16-37-18-20-39-22-23-40-21-19-38-17-15-24(36)41-30-28(34)26(32)25(31)27(33)29(30)35/h2-23H2,1H3. The van der Waals surface area contributed by atoms with Crippen LogP contribution in [0, 0.1) is 29.1 Å². The molecule has 1 aromatic rings. The van der Waals surface area contributed by atoms with Crippen molar-refractivity contribution in [1.29, 1.82) is 0 Å². The molecule has 6 nitrogen and oxygen atoms in total. The van der Waals surface area contributed by atoms with Gasteiger partial charge in [-0.15, -0.1) is 0 Å². The van der Waals surface area contributed by atoms with E-state index in [9.17, 15) is 26.7 Å². The average Bonchev–Trinajstić information content (AvgIpc) is 2.97. The number of rotatable bonds is 27. The number of ether oxygens (including phenoxy) is 5. The second-order valence-corrected chi connectivity index (χ2v) is 9.82. The Bertz CT molecular complexity index is 798. The lowest BCUT2D eigenvalue weighted by atomic mass is 10.0. The lowest BCUT2D eigenvalue weighted by molar-refractivity contribution is -0.136. The molecule has 0 fully saturated rings. The van der Waals surface area contributed by atoms with E-state index >= 15 is 0 Å². The van der Waals surface area contributed by atoms with Crippen molar-refractivity contribution >= 4 is 5.97 Å². The van der Waals surface area contributed by atoms with Crippen molar-refractivity contribution in [3.8, 4) is 5.75 Å². The van der Waals surface area contributed by atoms with Crippen LogP contribution in [-0.4, -0.2) is 58.8 Å². The van der Waals surface area contributed by atoms with Gasteiger partial charge < -0.3 is 23.7 Å². The number of unbranched alkanes of at least 4 members (excludes halogenated alkanes) is 12. The summed E-state index contributed by atoms with van der Waals surface area (Å²) in [4.78, 5) is 11.6. The second kappa shape index (κ2) is 24.7. The van der Waals surface area contributed by atoms with E-state index in [2.05, 4.69) is 11.7 Å². The second-order valence-electron chi connectivity index (χ2n) is 9.82. The van der Waals surface area contributed by atoms with Gasteiger partial charge in [0.2, 0.25) is 34.8 Å². The van der Waals surface area contributed by atoms with Crippen LogP contribution in [0.25, 0.3) is 0 Å². The van der Waals surface area contributed by atoms with Crippen LogP contribution in [0.1, 0.15) is 96.8 Å². The third kappa shape index (κ3) is 17.7. The summed E-state index contributed by atoms with van der Waals surface area (Å²) < 4.78 is 92.0. The van der Waals surface area contributed by atoms with E-state index < -0.39 is 47.2 Å². The molecule has 1 rings (SSSR count). The molecule has 238 valence electrons. The molecule has 1 aromatic carbocycles. The van der Waals surface area contributed by atoms with E-state index in [0.29, 0.717) is 26.4 Å². The normalized spacial score (nSPS) is 11.4. The van der Waals surface area contributed by atoms with Gasteiger partial charge in [0, 0.05) is 6.61 Å². The Labute approximate surface area is 241 Å². The number of benzene rings is 1. The minimum absolute atomic E-state index is 0.123. The highest BCUT2D eigenvalue weighted by Crippen LogP contribution is 2.29. The fourth-order valence-electron chi connectivity index (χ4n) is 3.98. The van der Waals surface area contributed by atoms with Crippen LogP contribution in [-0.2, 0) is 23.7 Å². The van der Waals surface area contributed by atoms with E-state index in [4.69, 9.17) is 18.9 Å². The van der Waals surface area contributed by atoms with E-state index in [-0.39, 0.29) is 19.8 Å². The molecule has 0 bridgehead atoms. The van der Waals surface area contributed by atoms with Crippen LogP contribution >= 0.6 is 0 Å². The molecule has 41 heavy (non-hydrogen) atoms. The summed E-state index contributed by atoms with van der Waals surface area (Å²) in [5.41, 5.74) is 0. The van der Waals surface area contributed by atoms with Crippen molar-refractivity contribution in [3.05, 3.63) is 29.1 Å². The molecule has 0 N–H and O–H groups in total. The van der Waals surface area contributed by atoms with Crippen molar-refractivity contribution in [1.82, 2.24) is 0 Å². The summed E-state index contributed by atoms with van der Waals surface area (Å²) in [7, 11) is 0. The summed E-state index contributed by atoms with van der Waals surface area (Å²) >= 11 is 0. The highest BCUT2D eigenvalue weighted by atomic mass is 19.2. The molecular formula is C30H47F5O6. The zero-order valence-electron chi connectivity index (χ0n) is 24.4. The summed E-state index contributed by atoms with van der Waals surface area (Å²) in [6.07, 6.45) is 16.7. The highest BCUT2D eigenvalue weighted by Gasteiger charge is 2.28. The van der Waals surface area contributed by atoms with Gasteiger partial charge in [0.15, 0.2) is 0 Å². The Morgan fingerprint density at radius 3 is 1.24 bits per heavy atom. The van der Waals surface area contributed by atoms with E-state index in [1.54, 1.807) is 0 Å². The number of carbonyl (C=O) groups is 1. The van der Waals surface area contributed by atoms with Gasteiger partial charge in [0.25, 0.3) is 0 Å². The minimum atomic E-state index is -2.33. The third-order valence-corrected chi connectivity index (χ3v) is 6.34. The lowest BCUT2D eigenvalue weighted by Gasteiger charge is -2.09. The topological polar surface area (TPSA) is 63.2 Å². The van der Waals surface area contributed by atoms with Crippen LogP contribution < -0.4 is 4.74 Å².